The van der Waals surface area contributed by atoms with E-state index in [2.05, 4.69) is 102 Å². The van der Waals surface area contributed by atoms with Crippen LogP contribution in [0.5, 0.6) is 0 Å². The molecule has 1 aromatic heterocycles. The third-order valence-electron chi connectivity index (χ3n) is 8.37. The molecule has 0 unspecified atom stereocenters. The molecule has 0 radical (unpaired) electrons. The number of rotatable bonds is 2. The van der Waals surface area contributed by atoms with Crippen LogP contribution in [-0.2, 0) is 10.8 Å². The maximum absolute atomic E-state index is 5.20. The molecule has 31 heavy (non-hydrogen) atoms. The van der Waals surface area contributed by atoms with Crippen LogP contribution in [0.2, 0.25) is 0 Å². The fourth-order valence-corrected chi connectivity index (χ4v) is 5.19. The summed E-state index contributed by atoms with van der Waals surface area (Å²) >= 11 is 0. The van der Waals surface area contributed by atoms with Crippen molar-refractivity contribution in [2.45, 2.75) is 52.4 Å². The van der Waals surface area contributed by atoms with Gasteiger partial charge in [-0.3, -0.25) is 0 Å². The highest BCUT2D eigenvalue weighted by Gasteiger charge is 2.56. The Kier molecular flexibility index (Phi) is 4.18. The van der Waals surface area contributed by atoms with E-state index in [1.165, 1.54) is 11.1 Å². The van der Waals surface area contributed by atoms with Gasteiger partial charge in [0.2, 0.25) is 0 Å². The van der Waals surface area contributed by atoms with Gasteiger partial charge in [-0.05, 0) is 39.5 Å². The summed E-state index contributed by atoms with van der Waals surface area (Å²) in [6.45, 7) is 14.3. The molecule has 2 nitrogen and oxygen atoms in total. The Balaban J connectivity index is 1.84. The molecule has 0 saturated carbocycles. The van der Waals surface area contributed by atoms with Crippen molar-refractivity contribution in [3.8, 4) is 22.5 Å². The van der Waals surface area contributed by atoms with E-state index in [4.69, 9.17) is 9.97 Å². The van der Waals surface area contributed by atoms with Gasteiger partial charge in [0.05, 0.1) is 22.4 Å². The zero-order valence-corrected chi connectivity index (χ0v) is 19.3. The van der Waals surface area contributed by atoms with Crippen molar-refractivity contribution in [2.24, 2.45) is 5.41 Å². The summed E-state index contributed by atoms with van der Waals surface area (Å²) in [5, 5.41) is 0. The minimum Gasteiger partial charge on any atom is -0.244 e. The first kappa shape index (κ1) is 19.9. The van der Waals surface area contributed by atoms with Crippen molar-refractivity contribution in [1.29, 1.82) is 0 Å². The Morgan fingerprint density at radius 3 is 1.23 bits per heavy atom. The molecule has 0 atom stereocenters. The Morgan fingerprint density at radius 2 is 0.871 bits per heavy atom. The summed E-state index contributed by atoms with van der Waals surface area (Å²) in [7, 11) is 0. The Labute approximate surface area is 185 Å². The minimum absolute atomic E-state index is 0.0483. The molecule has 0 fully saturated rings. The third-order valence-corrected chi connectivity index (χ3v) is 8.37. The first-order valence-corrected chi connectivity index (χ1v) is 11.1. The van der Waals surface area contributed by atoms with E-state index < -0.39 is 0 Å². The molecule has 0 N–H and O–H groups in total. The Bertz CT molecular complexity index is 1180. The van der Waals surface area contributed by atoms with Gasteiger partial charge in [0.25, 0.3) is 0 Å². The second-order valence-corrected chi connectivity index (χ2v) is 10.4. The van der Waals surface area contributed by atoms with Crippen LogP contribution in [0, 0.1) is 5.41 Å². The van der Waals surface area contributed by atoms with Gasteiger partial charge in [-0.1, -0.05) is 102 Å². The number of aromatic nitrogens is 2. The number of benzene rings is 3. The van der Waals surface area contributed by atoms with Crippen molar-refractivity contribution in [3.05, 3.63) is 83.9 Å². The van der Waals surface area contributed by atoms with Crippen molar-refractivity contribution < 1.29 is 0 Å². The van der Waals surface area contributed by atoms with E-state index in [1.807, 2.05) is 12.1 Å². The fourth-order valence-electron chi connectivity index (χ4n) is 5.19. The lowest BCUT2D eigenvalue weighted by Crippen LogP contribution is -2.42. The summed E-state index contributed by atoms with van der Waals surface area (Å²) in [6.07, 6.45) is 0. The lowest BCUT2D eigenvalue weighted by Gasteiger charge is -2.44. The molecule has 4 aromatic rings. The molecule has 0 amide bonds. The average molecular weight is 407 g/mol. The van der Waals surface area contributed by atoms with Crippen LogP contribution >= 0.6 is 0 Å². The van der Waals surface area contributed by atoms with Crippen LogP contribution in [0.25, 0.3) is 33.5 Å². The highest BCUT2D eigenvalue weighted by molar-refractivity contribution is 5.87. The van der Waals surface area contributed by atoms with Gasteiger partial charge in [-0.25, -0.2) is 9.97 Å². The standard InChI is InChI=1S/C29H30N2/c1-27(2)21-17-23-24(18-22(21)28(3,4)29(27,5)6)31-26(20-15-11-8-12-16-20)25(30-23)19-13-9-7-10-14-19/h7-18H,1-6H3. The van der Waals surface area contributed by atoms with Gasteiger partial charge in [0, 0.05) is 11.1 Å². The van der Waals surface area contributed by atoms with E-state index in [0.29, 0.717) is 0 Å². The zero-order valence-electron chi connectivity index (χ0n) is 19.3. The first-order valence-electron chi connectivity index (χ1n) is 11.1. The lowest BCUT2D eigenvalue weighted by atomic mass is 9.59. The number of nitrogens with zero attached hydrogens (tertiary/aromatic N) is 2. The summed E-state index contributed by atoms with van der Waals surface area (Å²) in [6, 6.07) is 25.4. The molecule has 0 spiro atoms. The van der Waals surface area contributed by atoms with E-state index in [0.717, 1.165) is 33.5 Å². The highest BCUT2D eigenvalue weighted by Crippen LogP contribution is 2.61. The van der Waals surface area contributed by atoms with Gasteiger partial charge in [0.15, 0.2) is 0 Å². The third kappa shape index (κ3) is 2.70. The first-order chi connectivity index (χ1) is 14.6. The Hall–Kier alpha value is -3.00. The molecule has 1 heterocycles. The van der Waals surface area contributed by atoms with E-state index in [1.54, 1.807) is 0 Å². The monoisotopic (exact) mass is 406 g/mol. The number of hydrogen-bond acceptors (Lipinski definition) is 2. The van der Waals surface area contributed by atoms with Crippen LogP contribution < -0.4 is 0 Å². The molecule has 3 aromatic carbocycles. The van der Waals surface area contributed by atoms with Crippen molar-refractivity contribution in [2.75, 3.05) is 0 Å². The summed E-state index contributed by atoms with van der Waals surface area (Å²) in [5.41, 5.74) is 9.02. The molecular formula is C29H30N2. The smallest absolute Gasteiger partial charge is 0.0973 e. The maximum atomic E-state index is 5.20. The molecule has 1 aliphatic rings. The van der Waals surface area contributed by atoms with Crippen LogP contribution in [-0.4, -0.2) is 9.97 Å². The van der Waals surface area contributed by atoms with Gasteiger partial charge < -0.3 is 0 Å². The summed E-state index contributed by atoms with van der Waals surface area (Å²) in [4.78, 5) is 10.4. The van der Waals surface area contributed by atoms with E-state index in [9.17, 15) is 0 Å². The lowest BCUT2D eigenvalue weighted by molar-refractivity contribution is 0.125. The van der Waals surface area contributed by atoms with Crippen molar-refractivity contribution in [1.82, 2.24) is 9.97 Å². The average Bonchev–Trinajstić information content (AvgIpc) is 2.87. The maximum Gasteiger partial charge on any atom is 0.0973 e. The van der Waals surface area contributed by atoms with Gasteiger partial charge in [-0.15, -0.1) is 0 Å². The molecule has 0 saturated heterocycles. The molecule has 5 rings (SSSR count). The highest BCUT2D eigenvalue weighted by atomic mass is 14.8. The van der Waals surface area contributed by atoms with Gasteiger partial charge in [-0.2, -0.15) is 0 Å². The molecule has 156 valence electrons. The van der Waals surface area contributed by atoms with Gasteiger partial charge >= 0.3 is 0 Å². The second kappa shape index (κ2) is 6.50. The van der Waals surface area contributed by atoms with Gasteiger partial charge in [0.1, 0.15) is 0 Å². The van der Waals surface area contributed by atoms with Crippen LogP contribution in [0.4, 0.5) is 0 Å². The molecule has 0 bridgehead atoms. The van der Waals surface area contributed by atoms with Crippen LogP contribution in [0.15, 0.2) is 72.8 Å². The van der Waals surface area contributed by atoms with Crippen LogP contribution in [0.3, 0.4) is 0 Å². The van der Waals surface area contributed by atoms with Crippen molar-refractivity contribution >= 4 is 11.0 Å². The summed E-state index contributed by atoms with van der Waals surface area (Å²) in [5.74, 6) is 0. The molecule has 0 aliphatic heterocycles. The quantitative estimate of drug-likeness (QED) is 0.343. The zero-order chi connectivity index (χ0) is 22.0. The minimum atomic E-state index is 0.0483. The molecule has 1 aliphatic carbocycles. The molecule has 2 heteroatoms. The SMILES string of the molecule is CC1(C)c2cc3nc(-c4ccccc4)c(-c4ccccc4)nc3cc2C(C)(C)C1(C)C. The fraction of sp³-hybridized carbons (Fsp3) is 0.310. The van der Waals surface area contributed by atoms with Crippen molar-refractivity contribution in [3.63, 3.8) is 0 Å². The predicted octanol–water partition coefficient (Wildman–Crippen LogP) is 7.56. The largest absolute Gasteiger partial charge is 0.244 e. The van der Waals surface area contributed by atoms with E-state index >= 15 is 0 Å². The predicted molar refractivity (Wildman–Crippen MR) is 130 cm³/mol. The van der Waals surface area contributed by atoms with E-state index in [-0.39, 0.29) is 16.2 Å². The second-order valence-electron chi connectivity index (χ2n) is 10.4. The number of hydrogen-bond donors (Lipinski definition) is 0. The normalized spacial score (nSPS) is 18.1. The molecular weight excluding hydrogens is 376 g/mol. The Morgan fingerprint density at radius 1 is 0.516 bits per heavy atom. The topological polar surface area (TPSA) is 25.8 Å². The summed E-state index contributed by atoms with van der Waals surface area (Å²) < 4.78 is 0. The van der Waals surface area contributed by atoms with Crippen LogP contribution in [0.1, 0.15) is 52.7 Å². The number of fused-ring (bicyclic) bond motifs is 2.